The van der Waals surface area contributed by atoms with Gasteiger partial charge in [0.25, 0.3) is 14.3 Å². The van der Waals surface area contributed by atoms with Crippen molar-refractivity contribution in [1.82, 2.24) is 5.32 Å². The van der Waals surface area contributed by atoms with Gasteiger partial charge in [0.05, 0.1) is 6.61 Å². The number of hydrogen-bond donors (Lipinski definition) is 2. The first-order valence-electron chi connectivity index (χ1n) is 10.5. The number of carbonyl (C=O) groups is 1. The predicted molar refractivity (Wildman–Crippen MR) is 123 cm³/mol. The zero-order chi connectivity index (χ0) is 21.3. The van der Waals surface area contributed by atoms with Crippen molar-refractivity contribution in [2.75, 3.05) is 13.2 Å². The maximum absolute atomic E-state index is 9.00. The molecule has 1 aliphatic heterocycles. The number of carboxylic acids is 1. The van der Waals surface area contributed by atoms with Crippen LogP contribution in [0, 0.1) is 0 Å². The standard InChI is InChI=1S/C22H31NOSi.C2H4O2/c1-22(2,3)25(20-13-6-4-7-14-20,21-15-8-5-9-16-21)24-18-19-12-10-11-17-23-19;1-2(3)4/h4-9,13-16,19,23H,10-12,17-18H2,1-3H3;1H3,(H,3,4)/t19-;/m1./s1. The van der Waals surface area contributed by atoms with Crippen molar-refractivity contribution < 1.29 is 14.3 Å². The number of hydrogen-bond acceptors (Lipinski definition) is 3. The molecule has 158 valence electrons. The molecule has 1 saturated heterocycles. The number of benzene rings is 2. The molecule has 29 heavy (non-hydrogen) atoms. The van der Waals surface area contributed by atoms with Gasteiger partial charge in [0.1, 0.15) is 0 Å². The minimum absolute atomic E-state index is 0.0599. The van der Waals surface area contributed by atoms with Crippen LogP contribution >= 0.6 is 0 Å². The summed E-state index contributed by atoms with van der Waals surface area (Å²) in [5.74, 6) is -0.833. The van der Waals surface area contributed by atoms with E-state index >= 15 is 0 Å². The van der Waals surface area contributed by atoms with E-state index in [0.29, 0.717) is 6.04 Å². The van der Waals surface area contributed by atoms with Crippen LogP contribution in [-0.4, -0.2) is 38.6 Å². The van der Waals surface area contributed by atoms with Gasteiger partial charge in [0.2, 0.25) is 0 Å². The van der Waals surface area contributed by atoms with Crippen LogP contribution in [0.15, 0.2) is 60.7 Å². The molecule has 0 saturated carbocycles. The number of carboxylic acid groups (broad SMARTS) is 1. The van der Waals surface area contributed by atoms with E-state index in [1.54, 1.807) is 0 Å². The fraction of sp³-hybridized carbons (Fsp3) is 0.458. The smallest absolute Gasteiger partial charge is 0.300 e. The van der Waals surface area contributed by atoms with Crippen molar-refractivity contribution in [1.29, 1.82) is 0 Å². The molecule has 2 aromatic rings. The lowest BCUT2D eigenvalue weighted by atomic mass is 10.1. The van der Waals surface area contributed by atoms with Crippen molar-refractivity contribution in [2.45, 2.75) is 58.0 Å². The van der Waals surface area contributed by atoms with Gasteiger partial charge < -0.3 is 14.8 Å². The third-order valence-corrected chi connectivity index (χ3v) is 10.3. The maximum Gasteiger partial charge on any atom is 0.300 e. The molecule has 3 rings (SSSR count). The van der Waals surface area contributed by atoms with Gasteiger partial charge >= 0.3 is 0 Å². The van der Waals surface area contributed by atoms with Crippen LogP contribution in [-0.2, 0) is 9.22 Å². The summed E-state index contributed by atoms with van der Waals surface area (Å²) >= 11 is 0. The van der Waals surface area contributed by atoms with Gasteiger partial charge in [-0.1, -0.05) is 87.9 Å². The highest BCUT2D eigenvalue weighted by molar-refractivity contribution is 6.99. The summed E-state index contributed by atoms with van der Waals surface area (Å²) in [7, 11) is -2.37. The van der Waals surface area contributed by atoms with E-state index in [0.717, 1.165) is 20.1 Å². The van der Waals surface area contributed by atoms with Gasteiger partial charge in [-0.3, -0.25) is 4.79 Å². The monoisotopic (exact) mass is 413 g/mol. The summed E-state index contributed by atoms with van der Waals surface area (Å²) in [6.07, 6.45) is 3.82. The summed E-state index contributed by atoms with van der Waals surface area (Å²) in [5.41, 5.74) is 0. The van der Waals surface area contributed by atoms with E-state index in [1.807, 2.05) is 0 Å². The van der Waals surface area contributed by atoms with E-state index < -0.39 is 14.3 Å². The Morgan fingerprint density at radius 3 is 1.90 bits per heavy atom. The van der Waals surface area contributed by atoms with Crippen LogP contribution in [0.25, 0.3) is 0 Å². The van der Waals surface area contributed by atoms with Crippen molar-refractivity contribution in [3.63, 3.8) is 0 Å². The van der Waals surface area contributed by atoms with E-state index in [4.69, 9.17) is 14.3 Å². The van der Waals surface area contributed by atoms with Crippen molar-refractivity contribution in [3.05, 3.63) is 60.7 Å². The second-order valence-electron chi connectivity index (χ2n) is 8.64. The summed E-state index contributed by atoms with van der Waals surface area (Å²) < 4.78 is 6.98. The highest BCUT2D eigenvalue weighted by atomic mass is 28.4. The normalized spacial score (nSPS) is 17.2. The number of rotatable bonds is 5. The van der Waals surface area contributed by atoms with Crippen LogP contribution in [0.5, 0.6) is 0 Å². The van der Waals surface area contributed by atoms with Crippen LogP contribution in [0.4, 0.5) is 0 Å². The molecular formula is C24H35NO3Si. The zero-order valence-corrected chi connectivity index (χ0v) is 19.2. The lowest BCUT2D eigenvalue weighted by Crippen LogP contribution is -2.67. The molecule has 2 N–H and O–H groups in total. The van der Waals surface area contributed by atoms with Gasteiger partial charge in [-0.15, -0.1) is 0 Å². The lowest BCUT2D eigenvalue weighted by molar-refractivity contribution is -0.134. The number of piperidine rings is 1. The first-order valence-corrected chi connectivity index (χ1v) is 12.4. The first kappa shape index (κ1) is 23.3. The fourth-order valence-corrected chi connectivity index (χ4v) is 8.66. The molecule has 0 amide bonds. The highest BCUT2D eigenvalue weighted by Crippen LogP contribution is 2.36. The molecule has 1 fully saturated rings. The number of nitrogens with one attached hydrogen (secondary N) is 1. The lowest BCUT2D eigenvalue weighted by Gasteiger charge is -2.44. The van der Waals surface area contributed by atoms with Crippen molar-refractivity contribution in [3.8, 4) is 0 Å². The second-order valence-corrected chi connectivity index (χ2v) is 12.9. The highest BCUT2D eigenvalue weighted by Gasteiger charge is 2.50. The Hall–Kier alpha value is -1.95. The quantitative estimate of drug-likeness (QED) is 0.732. The van der Waals surface area contributed by atoms with E-state index in [9.17, 15) is 0 Å². The molecule has 4 nitrogen and oxygen atoms in total. The molecule has 0 radical (unpaired) electrons. The topological polar surface area (TPSA) is 58.6 Å². The van der Waals surface area contributed by atoms with Crippen LogP contribution in [0.1, 0.15) is 47.0 Å². The molecule has 1 atom stereocenters. The molecule has 0 unspecified atom stereocenters. The predicted octanol–water partition coefficient (Wildman–Crippen LogP) is 3.80. The molecule has 2 aromatic carbocycles. The Morgan fingerprint density at radius 1 is 1.03 bits per heavy atom. The van der Waals surface area contributed by atoms with Crippen LogP contribution in [0.3, 0.4) is 0 Å². The van der Waals surface area contributed by atoms with Crippen LogP contribution in [0.2, 0.25) is 5.04 Å². The van der Waals surface area contributed by atoms with Gasteiger partial charge in [0.15, 0.2) is 0 Å². The molecule has 0 bridgehead atoms. The molecule has 1 aliphatic rings. The SMILES string of the molecule is CC(=O)O.CC(C)(C)[Si](OC[C@H]1CCCCN1)(c1ccccc1)c1ccccc1. The van der Waals surface area contributed by atoms with Gasteiger partial charge in [-0.2, -0.15) is 0 Å². The van der Waals surface area contributed by atoms with Gasteiger partial charge in [-0.25, -0.2) is 0 Å². The molecule has 0 aromatic heterocycles. The second kappa shape index (κ2) is 10.7. The van der Waals surface area contributed by atoms with Crippen LogP contribution < -0.4 is 15.7 Å². The summed E-state index contributed by atoms with van der Waals surface area (Å²) in [6.45, 7) is 10.0. The summed E-state index contributed by atoms with van der Waals surface area (Å²) in [6, 6.07) is 22.3. The van der Waals surface area contributed by atoms with Crippen molar-refractivity contribution >= 4 is 24.7 Å². The van der Waals surface area contributed by atoms with E-state index in [2.05, 4.69) is 86.8 Å². The Labute approximate surface area is 176 Å². The maximum atomic E-state index is 9.00. The molecule has 0 spiro atoms. The first-order chi connectivity index (χ1) is 13.8. The zero-order valence-electron chi connectivity index (χ0n) is 18.2. The Kier molecular flexibility index (Phi) is 8.62. The molecule has 0 aliphatic carbocycles. The summed E-state index contributed by atoms with van der Waals surface area (Å²) in [4.78, 5) is 9.00. The van der Waals surface area contributed by atoms with Gasteiger partial charge in [0, 0.05) is 13.0 Å². The average Bonchev–Trinajstić information content (AvgIpc) is 2.69. The minimum atomic E-state index is -2.37. The molecule has 1 heterocycles. The van der Waals surface area contributed by atoms with E-state index in [-0.39, 0.29) is 5.04 Å². The third-order valence-electron chi connectivity index (χ3n) is 5.33. The van der Waals surface area contributed by atoms with Gasteiger partial charge in [-0.05, 0) is 34.8 Å². The van der Waals surface area contributed by atoms with Crippen molar-refractivity contribution in [2.24, 2.45) is 0 Å². The largest absolute Gasteiger partial charge is 0.481 e. The average molecular weight is 414 g/mol. The number of aliphatic carboxylic acids is 1. The molecular weight excluding hydrogens is 378 g/mol. The third kappa shape index (κ3) is 6.26. The Bertz CT molecular complexity index is 694. The Morgan fingerprint density at radius 2 is 1.52 bits per heavy atom. The fourth-order valence-electron chi connectivity index (χ4n) is 4.05. The van der Waals surface area contributed by atoms with E-state index in [1.165, 1.54) is 29.6 Å². The summed E-state index contributed by atoms with van der Waals surface area (Å²) in [5, 5.41) is 13.9. The minimum Gasteiger partial charge on any atom is -0.481 e. The Balaban J connectivity index is 0.000000687. The molecule has 5 heteroatoms.